The van der Waals surface area contributed by atoms with Gasteiger partial charge in [0.15, 0.2) is 5.79 Å². The zero-order chi connectivity index (χ0) is 10.7. The molecule has 15 heavy (non-hydrogen) atoms. The highest BCUT2D eigenvalue weighted by Crippen LogP contribution is 2.41. The Balaban J connectivity index is 1.78. The van der Waals surface area contributed by atoms with Crippen molar-refractivity contribution in [2.45, 2.75) is 63.9 Å². The molecular formula is C12H22O3. The third-order valence-corrected chi connectivity index (χ3v) is 3.30. The quantitative estimate of drug-likeness (QED) is 0.503. The molecule has 2 saturated heterocycles. The smallest absolute Gasteiger partial charge is 0.197 e. The van der Waals surface area contributed by atoms with Gasteiger partial charge in [-0.25, -0.2) is 0 Å². The van der Waals surface area contributed by atoms with Crippen LogP contribution in [0, 0.1) is 0 Å². The van der Waals surface area contributed by atoms with E-state index in [-0.39, 0.29) is 6.10 Å². The van der Waals surface area contributed by atoms with E-state index in [1.165, 1.54) is 25.7 Å². The van der Waals surface area contributed by atoms with Crippen LogP contribution in [0.5, 0.6) is 0 Å². The van der Waals surface area contributed by atoms with Crippen LogP contribution in [0.25, 0.3) is 0 Å². The molecule has 0 N–H and O–H groups in total. The summed E-state index contributed by atoms with van der Waals surface area (Å²) in [6.45, 7) is 5.76. The van der Waals surface area contributed by atoms with Gasteiger partial charge in [-0.1, -0.05) is 26.2 Å². The van der Waals surface area contributed by atoms with E-state index in [9.17, 15) is 0 Å². The van der Waals surface area contributed by atoms with Crippen molar-refractivity contribution >= 4 is 0 Å². The van der Waals surface area contributed by atoms with E-state index >= 15 is 0 Å². The maximum atomic E-state index is 5.77. The lowest BCUT2D eigenvalue weighted by Gasteiger charge is -2.25. The SMILES string of the molecule is CCCCCCC1(C2OC2C)OCCO1. The highest BCUT2D eigenvalue weighted by Gasteiger charge is 2.56. The Morgan fingerprint density at radius 1 is 1.13 bits per heavy atom. The summed E-state index contributed by atoms with van der Waals surface area (Å²) in [6, 6.07) is 0. The van der Waals surface area contributed by atoms with Crippen molar-refractivity contribution in [2.24, 2.45) is 0 Å². The monoisotopic (exact) mass is 214 g/mol. The van der Waals surface area contributed by atoms with E-state index in [1.54, 1.807) is 0 Å². The molecule has 2 atom stereocenters. The van der Waals surface area contributed by atoms with Crippen LogP contribution in [0.3, 0.4) is 0 Å². The summed E-state index contributed by atoms with van der Waals surface area (Å²) in [4.78, 5) is 0. The molecule has 0 spiro atoms. The molecule has 0 saturated carbocycles. The molecule has 0 amide bonds. The number of unbranched alkanes of at least 4 members (excludes halogenated alkanes) is 3. The van der Waals surface area contributed by atoms with Gasteiger partial charge in [-0.3, -0.25) is 0 Å². The van der Waals surface area contributed by atoms with Crippen LogP contribution < -0.4 is 0 Å². The molecule has 3 heteroatoms. The summed E-state index contributed by atoms with van der Waals surface area (Å²) in [5.74, 6) is -0.396. The van der Waals surface area contributed by atoms with Crippen LogP contribution in [0.1, 0.15) is 46.0 Å². The van der Waals surface area contributed by atoms with Gasteiger partial charge in [-0.2, -0.15) is 0 Å². The number of hydrogen-bond donors (Lipinski definition) is 0. The Morgan fingerprint density at radius 3 is 2.33 bits per heavy atom. The van der Waals surface area contributed by atoms with Gasteiger partial charge in [0.2, 0.25) is 0 Å². The highest BCUT2D eigenvalue weighted by atomic mass is 16.8. The van der Waals surface area contributed by atoms with E-state index in [0.29, 0.717) is 6.10 Å². The van der Waals surface area contributed by atoms with Gasteiger partial charge in [-0.15, -0.1) is 0 Å². The second-order valence-electron chi connectivity index (χ2n) is 4.58. The number of hydrogen-bond acceptors (Lipinski definition) is 3. The second kappa shape index (κ2) is 4.81. The predicted octanol–water partition coefficient (Wildman–Crippen LogP) is 2.49. The Morgan fingerprint density at radius 2 is 1.80 bits per heavy atom. The average molecular weight is 214 g/mol. The van der Waals surface area contributed by atoms with E-state index in [2.05, 4.69) is 13.8 Å². The van der Waals surface area contributed by atoms with E-state index in [4.69, 9.17) is 14.2 Å². The first-order valence-electron chi connectivity index (χ1n) is 6.22. The normalized spacial score (nSPS) is 33.2. The lowest BCUT2D eigenvalue weighted by atomic mass is 10.0. The number of ether oxygens (including phenoxy) is 3. The molecule has 2 unspecified atom stereocenters. The summed E-state index contributed by atoms with van der Waals surface area (Å²) < 4.78 is 17.0. The summed E-state index contributed by atoms with van der Waals surface area (Å²) in [5, 5.41) is 0. The lowest BCUT2D eigenvalue weighted by Crippen LogP contribution is -2.37. The first-order valence-corrected chi connectivity index (χ1v) is 6.22. The van der Waals surface area contributed by atoms with Gasteiger partial charge in [0, 0.05) is 6.42 Å². The standard InChI is InChI=1S/C12H22O3/c1-3-4-5-6-7-12(11-10(2)15-11)13-8-9-14-12/h10-11H,3-9H2,1-2H3. The number of rotatable bonds is 6. The second-order valence-corrected chi connectivity index (χ2v) is 4.58. The molecule has 0 aromatic carbocycles. The van der Waals surface area contributed by atoms with Crippen LogP contribution in [0.15, 0.2) is 0 Å². The molecule has 0 aliphatic carbocycles. The van der Waals surface area contributed by atoms with Crippen molar-refractivity contribution in [2.75, 3.05) is 13.2 Å². The fourth-order valence-corrected chi connectivity index (χ4v) is 2.37. The molecule has 0 aromatic rings. The summed E-state index contributed by atoms with van der Waals surface area (Å²) in [5.41, 5.74) is 0. The minimum Gasteiger partial charge on any atom is -0.364 e. The summed E-state index contributed by atoms with van der Waals surface area (Å²) in [7, 11) is 0. The molecule has 2 aliphatic rings. The van der Waals surface area contributed by atoms with Crippen LogP contribution in [-0.4, -0.2) is 31.2 Å². The molecule has 2 rings (SSSR count). The maximum absolute atomic E-state index is 5.77. The Labute approximate surface area is 92.1 Å². The Kier molecular flexibility index (Phi) is 3.65. The van der Waals surface area contributed by atoms with Crippen molar-refractivity contribution in [1.82, 2.24) is 0 Å². The minimum atomic E-state index is -0.396. The van der Waals surface area contributed by atoms with Crippen molar-refractivity contribution in [3.63, 3.8) is 0 Å². The van der Waals surface area contributed by atoms with Gasteiger partial charge >= 0.3 is 0 Å². The largest absolute Gasteiger partial charge is 0.364 e. The van der Waals surface area contributed by atoms with E-state index in [0.717, 1.165) is 19.6 Å². The zero-order valence-corrected chi connectivity index (χ0v) is 9.83. The molecule has 0 aromatic heterocycles. The van der Waals surface area contributed by atoms with Gasteiger partial charge in [0.25, 0.3) is 0 Å². The Hall–Kier alpha value is -0.120. The van der Waals surface area contributed by atoms with Gasteiger partial charge in [-0.05, 0) is 13.3 Å². The fraction of sp³-hybridized carbons (Fsp3) is 1.00. The van der Waals surface area contributed by atoms with Gasteiger partial charge in [0.1, 0.15) is 6.10 Å². The van der Waals surface area contributed by atoms with E-state index < -0.39 is 5.79 Å². The zero-order valence-electron chi connectivity index (χ0n) is 9.83. The summed E-state index contributed by atoms with van der Waals surface area (Å²) in [6.07, 6.45) is 6.51. The lowest BCUT2D eigenvalue weighted by molar-refractivity contribution is -0.177. The molecule has 0 bridgehead atoms. The molecule has 88 valence electrons. The molecule has 2 heterocycles. The highest BCUT2D eigenvalue weighted by molar-refractivity contribution is 4.96. The van der Waals surface area contributed by atoms with E-state index in [1.807, 2.05) is 0 Å². The van der Waals surface area contributed by atoms with Crippen molar-refractivity contribution in [1.29, 1.82) is 0 Å². The third-order valence-electron chi connectivity index (χ3n) is 3.30. The van der Waals surface area contributed by atoms with Gasteiger partial charge in [0.05, 0.1) is 19.3 Å². The van der Waals surface area contributed by atoms with Crippen LogP contribution in [-0.2, 0) is 14.2 Å². The molecule has 2 aliphatic heterocycles. The first-order chi connectivity index (χ1) is 7.28. The van der Waals surface area contributed by atoms with Crippen LogP contribution >= 0.6 is 0 Å². The van der Waals surface area contributed by atoms with Gasteiger partial charge < -0.3 is 14.2 Å². The molecule has 0 radical (unpaired) electrons. The van der Waals surface area contributed by atoms with Crippen molar-refractivity contribution in [3.8, 4) is 0 Å². The Bertz CT molecular complexity index is 199. The third kappa shape index (κ3) is 2.52. The van der Waals surface area contributed by atoms with Crippen molar-refractivity contribution < 1.29 is 14.2 Å². The number of epoxide rings is 1. The van der Waals surface area contributed by atoms with Crippen LogP contribution in [0.4, 0.5) is 0 Å². The minimum absolute atomic E-state index is 0.182. The maximum Gasteiger partial charge on any atom is 0.197 e. The molecule has 2 fully saturated rings. The van der Waals surface area contributed by atoms with Crippen molar-refractivity contribution in [3.05, 3.63) is 0 Å². The van der Waals surface area contributed by atoms with Crippen LogP contribution in [0.2, 0.25) is 0 Å². The molecular weight excluding hydrogens is 192 g/mol. The summed E-state index contributed by atoms with van der Waals surface area (Å²) >= 11 is 0. The predicted molar refractivity (Wildman–Crippen MR) is 57.7 cm³/mol. The fourth-order valence-electron chi connectivity index (χ4n) is 2.37. The first kappa shape index (κ1) is 11.4. The average Bonchev–Trinajstić information content (AvgIpc) is 2.81. The molecule has 3 nitrogen and oxygen atoms in total. The topological polar surface area (TPSA) is 31.0 Å².